The van der Waals surface area contributed by atoms with Gasteiger partial charge in [-0.2, -0.15) is 0 Å². The number of carbonyl (C=O) groups is 2. The zero-order chi connectivity index (χ0) is 14.8. The van der Waals surface area contributed by atoms with Crippen LogP contribution in [0.4, 0.5) is 4.79 Å². The Labute approximate surface area is 113 Å². The number of alkyl carbamates (subject to hydrolysis) is 1. The first kappa shape index (κ1) is 15.8. The lowest BCUT2D eigenvalue weighted by molar-refractivity contribution is -0.142. The van der Waals surface area contributed by atoms with Crippen molar-refractivity contribution in [1.82, 2.24) is 5.32 Å². The van der Waals surface area contributed by atoms with E-state index in [2.05, 4.69) is 10.1 Å². The molecule has 6 nitrogen and oxygen atoms in total. The largest absolute Gasteiger partial charge is 0.467 e. The number of methoxy groups -OCH3 is 1. The Balaban J connectivity index is 2.56. The normalized spacial score (nSPS) is 23.7. The Bertz CT molecular complexity index is 347. The number of amides is 1. The Morgan fingerprint density at radius 3 is 2.26 bits per heavy atom. The van der Waals surface area contributed by atoms with E-state index in [1.807, 2.05) is 13.8 Å². The van der Waals surface area contributed by atoms with Crippen LogP contribution in [0.5, 0.6) is 0 Å². The average molecular weight is 273 g/mol. The molecular formula is C13H23NO5. The summed E-state index contributed by atoms with van der Waals surface area (Å²) < 4.78 is 15.1. The second-order valence-corrected chi connectivity index (χ2v) is 5.96. The number of carbonyl (C=O) groups excluding carboxylic acids is 2. The summed E-state index contributed by atoms with van der Waals surface area (Å²) in [4.78, 5) is 23.1. The van der Waals surface area contributed by atoms with E-state index in [9.17, 15) is 9.59 Å². The van der Waals surface area contributed by atoms with Crippen LogP contribution in [0, 0.1) is 5.92 Å². The summed E-state index contributed by atoms with van der Waals surface area (Å²) in [5, 5.41) is 2.75. The van der Waals surface area contributed by atoms with Crippen LogP contribution in [0.2, 0.25) is 0 Å². The first-order valence-electron chi connectivity index (χ1n) is 6.38. The van der Waals surface area contributed by atoms with Crippen molar-refractivity contribution < 1.29 is 23.8 Å². The Hall–Kier alpha value is -1.30. The van der Waals surface area contributed by atoms with Gasteiger partial charge in [-0.1, -0.05) is 13.8 Å². The molecule has 0 bridgehead atoms. The second-order valence-electron chi connectivity index (χ2n) is 5.96. The third-order valence-electron chi connectivity index (χ3n) is 2.71. The van der Waals surface area contributed by atoms with Gasteiger partial charge in [-0.15, -0.1) is 0 Å². The number of esters is 1. The topological polar surface area (TPSA) is 77.2 Å². The van der Waals surface area contributed by atoms with Gasteiger partial charge in [0.05, 0.1) is 13.2 Å². The van der Waals surface area contributed by atoms with E-state index >= 15 is 0 Å². The molecule has 1 N–H and O–H groups in total. The summed E-state index contributed by atoms with van der Waals surface area (Å²) in [6, 6.07) is -0.279. The molecule has 1 aliphatic rings. The maximum atomic E-state index is 11.7. The first-order valence-corrected chi connectivity index (χ1v) is 6.38. The molecule has 110 valence electrons. The zero-order valence-corrected chi connectivity index (χ0v) is 12.4. The number of hydrogen-bond acceptors (Lipinski definition) is 5. The van der Waals surface area contributed by atoms with Gasteiger partial charge in [0.1, 0.15) is 11.7 Å². The van der Waals surface area contributed by atoms with E-state index in [1.165, 1.54) is 7.11 Å². The highest BCUT2D eigenvalue weighted by atomic mass is 16.6. The fraction of sp³-hybridized carbons (Fsp3) is 0.846. The molecule has 0 unspecified atom stereocenters. The predicted molar refractivity (Wildman–Crippen MR) is 68.7 cm³/mol. The van der Waals surface area contributed by atoms with Crippen LogP contribution in [-0.4, -0.2) is 43.0 Å². The van der Waals surface area contributed by atoms with Crippen molar-refractivity contribution in [2.75, 3.05) is 7.11 Å². The van der Waals surface area contributed by atoms with E-state index in [-0.39, 0.29) is 18.1 Å². The maximum Gasteiger partial charge on any atom is 0.407 e. The molecule has 0 saturated carbocycles. The molecule has 1 fully saturated rings. The maximum absolute atomic E-state index is 11.7. The van der Waals surface area contributed by atoms with Gasteiger partial charge < -0.3 is 19.5 Å². The molecule has 0 aromatic carbocycles. The molecule has 1 rings (SSSR count). The van der Waals surface area contributed by atoms with Crippen LogP contribution < -0.4 is 5.32 Å². The van der Waals surface area contributed by atoms with E-state index in [0.29, 0.717) is 0 Å². The van der Waals surface area contributed by atoms with Gasteiger partial charge in [0.15, 0.2) is 6.10 Å². The minimum Gasteiger partial charge on any atom is -0.467 e. The summed E-state index contributed by atoms with van der Waals surface area (Å²) in [6.45, 7) is 9.27. The first-order chi connectivity index (χ1) is 8.65. The second kappa shape index (κ2) is 5.77. The molecule has 19 heavy (non-hydrogen) atoms. The molecule has 1 amide bonds. The molecule has 1 saturated heterocycles. The molecule has 0 aromatic heterocycles. The summed E-state index contributed by atoms with van der Waals surface area (Å²) in [7, 11) is 1.31. The van der Waals surface area contributed by atoms with Crippen molar-refractivity contribution in [2.24, 2.45) is 5.92 Å². The molecule has 3 atom stereocenters. The quantitative estimate of drug-likeness (QED) is 0.620. The lowest BCUT2D eigenvalue weighted by Crippen LogP contribution is -2.45. The van der Waals surface area contributed by atoms with Crippen LogP contribution in [0.1, 0.15) is 34.6 Å². The van der Waals surface area contributed by atoms with Gasteiger partial charge >= 0.3 is 12.1 Å². The van der Waals surface area contributed by atoms with Gasteiger partial charge in [-0.25, -0.2) is 9.59 Å². The van der Waals surface area contributed by atoms with Crippen molar-refractivity contribution in [1.29, 1.82) is 0 Å². The van der Waals surface area contributed by atoms with Crippen LogP contribution in [0.3, 0.4) is 0 Å². The minimum absolute atomic E-state index is 0.118. The summed E-state index contributed by atoms with van der Waals surface area (Å²) >= 11 is 0. The lowest BCUT2D eigenvalue weighted by Gasteiger charge is -2.24. The van der Waals surface area contributed by atoms with Crippen molar-refractivity contribution >= 4 is 12.1 Å². The van der Waals surface area contributed by atoms with Crippen LogP contribution in [-0.2, 0) is 19.0 Å². The van der Waals surface area contributed by atoms with Crippen LogP contribution in [0.25, 0.3) is 0 Å². The van der Waals surface area contributed by atoms with E-state index in [1.54, 1.807) is 20.8 Å². The van der Waals surface area contributed by atoms with Gasteiger partial charge in [0.25, 0.3) is 0 Å². The van der Waals surface area contributed by atoms with Crippen molar-refractivity contribution in [3.63, 3.8) is 0 Å². The number of hydrogen-bond donors (Lipinski definition) is 1. The smallest absolute Gasteiger partial charge is 0.407 e. The standard InChI is InChI=1S/C13H23NO5/c1-7(2)8(9-10(18-9)11(15)17-6)14-12(16)19-13(3,4)5/h7-10H,1-6H3,(H,14,16)/t8-,9+,10-/m0/s1. The van der Waals surface area contributed by atoms with Crippen LogP contribution in [0.15, 0.2) is 0 Å². The summed E-state index contributed by atoms with van der Waals surface area (Å²) in [5.74, 6) is -0.297. The SMILES string of the molecule is COC(=O)[C@H]1O[C@@H]1[C@@H](NC(=O)OC(C)(C)C)C(C)C. The van der Waals surface area contributed by atoms with Gasteiger partial charge in [0, 0.05) is 0 Å². The van der Waals surface area contributed by atoms with Gasteiger partial charge in [-0.3, -0.25) is 0 Å². The van der Waals surface area contributed by atoms with E-state index < -0.39 is 23.8 Å². The average Bonchev–Trinajstić information content (AvgIpc) is 3.01. The van der Waals surface area contributed by atoms with Crippen molar-refractivity contribution in [2.45, 2.75) is 58.5 Å². The monoisotopic (exact) mass is 273 g/mol. The molecule has 0 aromatic rings. The number of rotatable bonds is 4. The molecule has 1 heterocycles. The third-order valence-corrected chi connectivity index (χ3v) is 2.71. The fourth-order valence-electron chi connectivity index (χ4n) is 1.77. The highest BCUT2D eigenvalue weighted by molar-refractivity contribution is 5.78. The Morgan fingerprint density at radius 1 is 1.26 bits per heavy atom. The molecule has 0 aliphatic carbocycles. The minimum atomic E-state index is -0.590. The third kappa shape index (κ3) is 4.70. The predicted octanol–water partition coefficient (Wildman–Crippen LogP) is 1.48. The van der Waals surface area contributed by atoms with Crippen molar-refractivity contribution in [3.05, 3.63) is 0 Å². The number of nitrogens with one attached hydrogen (secondary N) is 1. The van der Waals surface area contributed by atoms with E-state index in [0.717, 1.165) is 0 Å². The lowest BCUT2D eigenvalue weighted by atomic mass is 9.99. The van der Waals surface area contributed by atoms with Gasteiger partial charge in [0.2, 0.25) is 0 Å². The highest BCUT2D eigenvalue weighted by Crippen LogP contribution is 2.30. The van der Waals surface area contributed by atoms with Gasteiger partial charge in [-0.05, 0) is 26.7 Å². The Kier molecular flexibility index (Phi) is 4.79. The molecule has 6 heteroatoms. The highest BCUT2D eigenvalue weighted by Gasteiger charge is 2.52. The zero-order valence-electron chi connectivity index (χ0n) is 12.4. The molecular weight excluding hydrogens is 250 g/mol. The molecule has 1 aliphatic heterocycles. The molecule has 0 spiro atoms. The van der Waals surface area contributed by atoms with E-state index in [4.69, 9.17) is 9.47 Å². The van der Waals surface area contributed by atoms with Crippen molar-refractivity contribution in [3.8, 4) is 0 Å². The fourth-order valence-corrected chi connectivity index (χ4v) is 1.77. The summed E-state index contributed by atoms with van der Waals surface area (Å²) in [5.41, 5.74) is -0.558. The molecule has 0 radical (unpaired) electrons. The number of ether oxygens (including phenoxy) is 3. The van der Waals surface area contributed by atoms with Crippen LogP contribution >= 0.6 is 0 Å². The Morgan fingerprint density at radius 2 is 1.84 bits per heavy atom. The summed E-state index contributed by atoms with van der Waals surface area (Å²) in [6.07, 6.45) is -1.45. The number of epoxide rings is 1.